The van der Waals surface area contributed by atoms with E-state index in [1.165, 1.54) is 12.2 Å². The van der Waals surface area contributed by atoms with E-state index in [-0.39, 0.29) is 18.1 Å². The van der Waals surface area contributed by atoms with Crippen molar-refractivity contribution in [2.75, 3.05) is 20.1 Å². The summed E-state index contributed by atoms with van der Waals surface area (Å²) in [7, 11) is -1.94. The summed E-state index contributed by atoms with van der Waals surface area (Å²) in [6, 6.07) is 7.03. The Morgan fingerprint density at radius 2 is 1.95 bits per heavy atom. The molecule has 2 aliphatic carbocycles. The molecule has 1 aromatic heterocycles. The van der Waals surface area contributed by atoms with Gasteiger partial charge in [0.1, 0.15) is 17.3 Å². The maximum atomic E-state index is 13.8. The minimum absolute atomic E-state index is 0.0849. The molecule has 0 spiro atoms. The summed E-state index contributed by atoms with van der Waals surface area (Å²) in [5, 5.41) is 5.51. The van der Waals surface area contributed by atoms with E-state index in [0.717, 1.165) is 11.0 Å². The Balaban J connectivity index is 1.35. The lowest BCUT2D eigenvalue weighted by atomic mass is 9.73. The number of hydrogen-bond acceptors (Lipinski definition) is 9. The zero-order valence-corrected chi connectivity index (χ0v) is 23.8. The Bertz CT molecular complexity index is 1460. The van der Waals surface area contributed by atoms with Crippen LogP contribution in [-0.2, 0) is 19.6 Å². The number of nitrogens with zero attached hydrogens (tertiary/aromatic N) is 3. The first-order valence-corrected chi connectivity index (χ1v) is 15.1. The van der Waals surface area contributed by atoms with Crippen LogP contribution in [0.1, 0.15) is 31.9 Å². The van der Waals surface area contributed by atoms with Crippen LogP contribution >= 0.6 is 0 Å². The Labute approximate surface area is 234 Å². The zero-order valence-electron chi connectivity index (χ0n) is 23.0. The molecule has 1 saturated heterocycles. The number of fused-ring (bicyclic) bond motifs is 1. The highest BCUT2D eigenvalue weighted by atomic mass is 32.2. The van der Waals surface area contributed by atoms with Crippen molar-refractivity contribution >= 4 is 32.9 Å². The smallest absolute Gasteiger partial charge is 0.264 e. The van der Waals surface area contributed by atoms with Crippen molar-refractivity contribution in [1.82, 2.24) is 30.2 Å². The molecule has 2 amide bonds. The van der Waals surface area contributed by atoms with Gasteiger partial charge in [-0.3, -0.25) is 19.2 Å². The number of para-hydroxylation sites is 2. The highest BCUT2D eigenvalue weighted by molar-refractivity contribution is 7.91. The number of aryl methyl sites for hydroxylation is 1. The standard InChI is InChI=1S/C28H36N6O5S/c1-5-19-12-13-28(19,27(36)33-40(37,38)21-10-11-21)32-25(35)24-14-20(16-34(24)15-17(2)29-4)39-26-18(3)30-22-8-6-7-9-23(22)31-26/h5-9,12-13,17,19-21,24,29H,1,10-11,14-16H2,2-4H3,(H,32,35)(H,33,36). The Morgan fingerprint density at radius 3 is 2.55 bits per heavy atom. The van der Waals surface area contributed by atoms with E-state index in [4.69, 9.17) is 4.74 Å². The molecule has 5 atom stereocenters. The van der Waals surface area contributed by atoms with Crippen LogP contribution < -0.4 is 20.1 Å². The summed E-state index contributed by atoms with van der Waals surface area (Å²) in [6.45, 7) is 8.66. The van der Waals surface area contributed by atoms with Crippen molar-refractivity contribution in [3.05, 3.63) is 54.8 Å². The lowest BCUT2D eigenvalue weighted by Gasteiger charge is -2.42. The summed E-state index contributed by atoms with van der Waals surface area (Å²) in [5.74, 6) is -1.28. The number of likely N-dealkylation sites (N-methyl/N-ethyl adjacent to an activating group) is 1. The quantitative estimate of drug-likeness (QED) is 0.341. The molecular formula is C28H36N6O5S. The van der Waals surface area contributed by atoms with Crippen LogP contribution in [0.4, 0.5) is 0 Å². The second kappa shape index (κ2) is 10.9. The van der Waals surface area contributed by atoms with Crippen LogP contribution in [0.5, 0.6) is 5.88 Å². The number of amides is 2. The van der Waals surface area contributed by atoms with E-state index in [9.17, 15) is 18.0 Å². The molecule has 0 radical (unpaired) electrons. The van der Waals surface area contributed by atoms with Gasteiger partial charge in [0.25, 0.3) is 5.91 Å². The van der Waals surface area contributed by atoms with E-state index >= 15 is 0 Å². The van der Waals surface area contributed by atoms with E-state index in [2.05, 4.69) is 31.9 Å². The normalized spacial score (nSPS) is 27.1. The summed E-state index contributed by atoms with van der Waals surface area (Å²) in [6.07, 6.45) is 5.84. The van der Waals surface area contributed by atoms with Gasteiger partial charge in [0.05, 0.1) is 22.3 Å². The average Bonchev–Trinajstić information content (AvgIpc) is 3.70. The summed E-state index contributed by atoms with van der Waals surface area (Å²) in [4.78, 5) is 38.4. The zero-order chi connectivity index (χ0) is 28.7. The van der Waals surface area contributed by atoms with Crippen molar-refractivity contribution in [3.63, 3.8) is 0 Å². The van der Waals surface area contributed by atoms with Gasteiger partial charge >= 0.3 is 0 Å². The van der Waals surface area contributed by atoms with E-state index < -0.39 is 38.7 Å². The molecule has 11 nitrogen and oxygen atoms in total. The fourth-order valence-corrected chi connectivity index (χ4v) is 6.59. The van der Waals surface area contributed by atoms with Gasteiger partial charge in [-0.25, -0.2) is 18.4 Å². The number of nitrogens with one attached hydrogen (secondary N) is 3. The van der Waals surface area contributed by atoms with Crippen molar-refractivity contribution in [2.45, 2.75) is 62.1 Å². The number of aromatic nitrogens is 2. The lowest BCUT2D eigenvalue weighted by Crippen LogP contribution is -2.67. The van der Waals surface area contributed by atoms with Crippen LogP contribution in [0.25, 0.3) is 11.0 Å². The first kappa shape index (κ1) is 28.2. The number of rotatable bonds is 11. The van der Waals surface area contributed by atoms with Crippen molar-refractivity contribution in [3.8, 4) is 5.88 Å². The SMILES string of the molecule is C=CC1C=CC1(NC(=O)C1CC(Oc2nc3ccccc3nc2C)CN1CC(C)NC)C(=O)NS(=O)(=O)C1CC1. The molecule has 1 aliphatic heterocycles. The first-order valence-electron chi connectivity index (χ1n) is 13.6. The van der Waals surface area contributed by atoms with Crippen LogP contribution in [-0.4, -0.2) is 84.2 Å². The number of likely N-dealkylation sites (tertiary alicyclic amines) is 1. The molecule has 2 aromatic rings. The minimum atomic E-state index is -3.80. The van der Waals surface area contributed by atoms with Gasteiger partial charge in [0, 0.05) is 31.5 Å². The molecule has 2 fully saturated rings. The van der Waals surface area contributed by atoms with Gasteiger partial charge in [-0.15, -0.1) is 6.58 Å². The van der Waals surface area contributed by atoms with Crippen molar-refractivity contribution in [1.29, 1.82) is 0 Å². The molecular weight excluding hydrogens is 532 g/mol. The first-order chi connectivity index (χ1) is 19.1. The Morgan fingerprint density at radius 1 is 1.25 bits per heavy atom. The van der Waals surface area contributed by atoms with Gasteiger partial charge in [0.2, 0.25) is 21.8 Å². The predicted octanol–water partition coefficient (Wildman–Crippen LogP) is 1.20. The van der Waals surface area contributed by atoms with Crippen LogP contribution in [0.15, 0.2) is 49.1 Å². The third-order valence-corrected chi connectivity index (χ3v) is 9.72. The van der Waals surface area contributed by atoms with E-state index in [1.54, 1.807) is 6.08 Å². The molecule has 12 heteroatoms. The molecule has 0 bridgehead atoms. The Kier molecular flexibility index (Phi) is 7.68. The number of hydrogen-bond donors (Lipinski definition) is 3. The van der Waals surface area contributed by atoms with Crippen molar-refractivity contribution < 1.29 is 22.7 Å². The van der Waals surface area contributed by atoms with Gasteiger partial charge < -0.3 is 15.4 Å². The highest BCUT2D eigenvalue weighted by Gasteiger charge is 2.52. The van der Waals surface area contributed by atoms with E-state index in [1.807, 2.05) is 50.1 Å². The molecule has 5 rings (SSSR count). The summed E-state index contributed by atoms with van der Waals surface area (Å²) < 4.78 is 33.5. The average molecular weight is 569 g/mol. The molecule has 1 saturated carbocycles. The maximum absolute atomic E-state index is 13.8. The second-order valence-electron chi connectivity index (χ2n) is 10.9. The molecule has 1 aromatic carbocycles. The lowest BCUT2D eigenvalue weighted by molar-refractivity contribution is -0.134. The number of carbonyl (C=O) groups excluding carboxylic acids is 2. The fraction of sp³-hybridized carbons (Fsp3) is 0.500. The topological polar surface area (TPSA) is 143 Å². The largest absolute Gasteiger partial charge is 0.472 e. The third-order valence-electron chi connectivity index (χ3n) is 7.90. The molecule has 40 heavy (non-hydrogen) atoms. The van der Waals surface area contributed by atoms with Gasteiger partial charge in [-0.1, -0.05) is 30.4 Å². The number of sulfonamides is 1. The number of carbonyl (C=O) groups is 2. The molecule has 3 aliphatic rings. The number of ether oxygens (including phenoxy) is 1. The highest BCUT2D eigenvalue weighted by Crippen LogP contribution is 2.35. The van der Waals surface area contributed by atoms with Gasteiger partial charge in [-0.05, 0) is 45.9 Å². The fourth-order valence-electron chi connectivity index (χ4n) is 5.24. The van der Waals surface area contributed by atoms with Gasteiger partial charge in [0.15, 0.2) is 0 Å². The second-order valence-corrected chi connectivity index (χ2v) is 12.9. The molecule has 5 unspecified atom stereocenters. The molecule has 3 N–H and O–H groups in total. The summed E-state index contributed by atoms with van der Waals surface area (Å²) in [5.41, 5.74) is 0.624. The van der Waals surface area contributed by atoms with Crippen LogP contribution in [0.3, 0.4) is 0 Å². The summed E-state index contributed by atoms with van der Waals surface area (Å²) >= 11 is 0. The molecule has 2 heterocycles. The monoisotopic (exact) mass is 568 g/mol. The third kappa shape index (κ3) is 5.48. The number of benzene rings is 1. The molecule has 214 valence electrons. The van der Waals surface area contributed by atoms with Gasteiger partial charge in [-0.2, -0.15) is 0 Å². The van der Waals surface area contributed by atoms with Crippen LogP contribution in [0.2, 0.25) is 0 Å². The van der Waals surface area contributed by atoms with E-state index in [0.29, 0.717) is 43.9 Å². The van der Waals surface area contributed by atoms with Crippen molar-refractivity contribution in [2.24, 2.45) is 5.92 Å². The Hall–Kier alpha value is -3.35. The predicted molar refractivity (Wildman–Crippen MR) is 151 cm³/mol. The van der Waals surface area contributed by atoms with Crippen LogP contribution in [0, 0.1) is 12.8 Å². The minimum Gasteiger partial charge on any atom is -0.472 e. The maximum Gasteiger partial charge on any atom is 0.264 e.